The number of aliphatic hydroxyl groups is 1. The van der Waals surface area contributed by atoms with Crippen LogP contribution < -0.4 is 5.73 Å². The molecule has 3 atom stereocenters. The normalized spacial score (nSPS) is 27.3. The largest absolute Gasteiger partial charge is 0.396 e. The van der Waals surface area contributed by atoms with E-state index < -0.39 is 6.10 Å². The van der Waals surface area contributed by atoms with Gasteiger partial charge in [-0.05, 0) is 13.8 Å². The Bertz CT molecular complexity index is 382. The lowest BCUT2D eigenvalue weighted by molar-refractivity contribution is -0.0631. The van der Waals surface area contributed by atoms with Gasteiger partial charge in [0.05, 0.1) is 37.2 Å². The van der Waals surface area contributed by atoms with E-state index in [-0.39, 0.29) is 6.10 Å². The molecule has 0 bridgehead atoms. The van der Waals surface area contributed by atoms with Gasteiger partial charge in [0.2, 0.25) is 0 Å². The Morgan fingerprint density at radius 2 is 2.33 bits per heavy atom. The van der Waals surface area contributed by atoms with Gasteiger partial charge < -0.3 is 15.6 Å². The van der Waals surface area contributed by atoms with Crippen LogP contribution in [0, 0.1) is 0 Å². The van der Waals surface area contributed by atoms with Gasteiger partial charge >= 0.3 is 0 Å². The van der Waals surface area contributed by atoms with E-state index in [4.69, 9.17) is 10.5 Å². The molecule has 0 spiro atoms. The molecule has 0 radical (unpaired) electrons. The molecule has 3 N–H and O–H groups in total. The third-order valence-electron chi connectivity index (χ3n) is 3.23. The van der Waals surface area contributed by atoms with Crippen LogP contribution in [0.1, 0.15) is 13.8 Å². The molecule has 2 heterocycles. The molecule has 2 rings (SSSR count). The molecule has 6 heteroatoms. The number of nitrogens with zero attached hydrogens (tertiary/aromatic N) is 3. The van der Waals surface area contributed by atoms with Crippen LogP contribution in [0.15, 0.2) is 12.4 Å². The molecule has 1 fully saturated rings. The Labute approximate surface area is 107 Å². The molecule has 0 saturated carbocycles. The maximum absolute atomic E-state index is 10.1. The van der Waals surface area contributed by atoms with E-state index in [9.17, 15) is 5.11 Å². The predicted molar refractivity (Wildman–Crippen MR) is 69.1 cm³/mol. The molecule has 1 saturated heterocycles. The second kappa shape index (κ2) is 5.69. The topological polar surface area (TPSA) is 76.5 Å². The second-order valence-electron chi connectivity index (χ2n) is 5.10. The van der Waals surface area contributed by atoms with E-state index in [1.807, 2.05) is 0 Å². The average Bonchev–Trinajstić information content (AvgIpc) is 2.69. The summed E-state index contributed by atoms with van der Waals surface area (Å²) in [6.07, 6.45) is 3.10. The van der Waals surface area contributed by atoms with Crippen LogP contribution in [0.25, 0.3) is 0 Å². The fourth-order valence-corrected chi connectivity index (χ4v) is 2.25. The van der Waals surface area contributed by atoms with E-state index in [0.717, 1.165) is 13.2 Å². The molecule has 0 aliphatic carbocycles. The van der Waals surface area contributed by atoms with Gasteiger partial charge in [0.15, 0.2) is 0 Å². The molecule has 1 aromatic rings. The standard InChI is InChI=1S/C12H22N4O2/c1-9-8-18-10(2)4-15(9)6-12(17)7-16-5-11(13)3-14-16/h3,5,9-10,12,17H,4,6-8,13H2,1-2H3. The summed E-state index contributed by atoms with van der Waals surface area (Å²) < 4.78 is 7.24. The maximum Gasteiger partial charge on any atom is 0.0862 e. The fraction of sp³-hybridized carbons (Fsp3) is 0.750. The summed E-state index contributed by atoms with van der Waals surface area (Å²) in [6.45, 7) is 6.86. The van der Waals surface area contributed by atoms with E-state index in [2.05, 4.69) is 23.8 Å². The summed E-state index contributed by atoms with van der Waals surface area (Å²) >= 11 is 0. The number of nitrogen functional groups attached to an aromatic ring is 1. The molecule has 1 aliphatic rings. The number of hydrogen-bond acceptors (Lipinski definition) is 5. The number of nitrogens with two attached hydrogens (primary N) is 1. The molecule has 18 heavy (non-hydrogen) atoms. The quantitative estimate of drug-likeness (QED) is 0.787. The molecular weight excluding hydrogens is 232 g/mol. The first-order valence-corrected chi connectivity index (χ1v) is 6.36. The minimum atomic E-state index is -0.447. The molecule has 102 valence electrons. The van der Waals surface area contributed by atoms with Gasteiger partial charge in [-0.3, -0.25) is 9.58 Å². The molecule has 6 nitrogen and oxygen atoms in total. The second-order valence-corrected chi connectivity index (χ2v) is 5.10. The number of aromatic nitrogens is 2. The number of ether oxygens (including phenoxy) is 1. The lowest BCUT2D eigenvalue weighted by Crippen LogP contribution is -2.50. The lowest BCUT2D eigenvalue weighted by atomic mass is 10.2. The van der Waals surface area contributed by atoms with Crippen molar-refractivity contribution in [2.24, 2.45) is 0 Å². The van der Waals surface area contributed by atoms with Crippen LogP contribution in [-0.2, 0) is 11.3 Å². The van der Waals surface area contributed by atoms with E-state index in [1.165, 1.54) is 0 Å². The van der Waals surface area contributed by atoms with Crippen LogP contribution in [-0.4, -0.2) is 57.7 Å². The molecule has 3 unspecified atom stereocenters. The van der Waals surface area contributed by atoms with Gasteiger partial charge in [0.1, 0.15) is 0 Å². The van der Waals surface area contributed by atoms with Crippen LogP contribution in [0.4, 0.5) is 5.69 Å². The Morgan fingerprint density at radius 3 is 3.00 bits per heavy atom. The smallest absolute Gasteiger partial charge is 0.0862 e. The van der Waals surface area contributed by atoms with Crippen molar-refractivity contribution in [3.63, 3.8) is 0 Å². The van der Waals surface area contributed by atoms with Crippen molar-refractivity contribution in [2.45, 2.75) is 38.6 Å². The zero-order valence-corrected chi connectivity index (χ0v) is 11.0. The SMILES string of the molecule is CC1CN(CC(O)Cn2cc(N)cn2)C(C)CO1. The molecule has 0 aromatic carbocycles. The van der Waals surface area contributed by atoms with Crippen LogP contribution in [0.2, 0.25) is 0 Å². The number of aliphatic hydroxyl groups excluding tert-OH is 1. The Morgan fingerprint density at radius 1 is 1.56 bits per heavy atom. The van der Waals surface area contributed by atoms with Crippen molar-refractivity contribution in [2.75, 3.05) is 25.4 Å². The highest BCUT2D eigenvalue weighted by Crippen LogP contribution is 2.12. The minimum absolute atomic E-state index is 0.230. The number of morpholine rings is 1. The predicted octanol–water partition coefficient (Wildman–Crippen LogP) is -0.0646. The summed E-state index contributed by atoms with van der Waals surface area (Å²) in [7, 11) is 0. The average molecular weight is 254 g/mol. The van der Waals surface area contributed by atoms with Crippen LogP contribution in [0.5, 0.6) is 0 Å². The van der Waals surface area contributed by atoms with Gasteiger partial charge in [-0.2, -0.15) is 5.10 Å². The Kier molecular flexibility index (Phi) is 4.21. The highest BCUT2D eigenvalue weighted by Gasteiger charge is 2.25. The zero-order chi connectivity index (χ0) is 13.1. The van der Waals surface area contributed by atoms with Gasteiger partial charge in [-0.15, -0.1) is 0 Å². The highest BCUT2D eigenvalue weighted by atomic mass is 16.5. The Balaban J connectivity index is 1.84. The third kappa shape index (κ3) is 3.44. The van der Waals surface area contributed by atoms with Crippen molar-refractivity contribution in [1.29, 1.82) is 0 Å². The van der Waals surface area contributed by atoms with E-state index in [1.54, 1.807) is 17.1 Å². The first-order chi connectivity index (χ1) is 8.54. The maximum atomic E-state index is 10.1. The first-order valence-electron chi connectivity index (χ1n) is 6.36. The number of β-amino-alcohol motifs (C(OH)–C–C–N with tert-alkyl or cyclic N) is 1. The van der Waals surface area contributed by atoms with Crippen molar-refractivity contribution in [3.8, 4) is 0 Å². The van der Waals surface area contributed by atoms with Crippen molar-refractivity contribution >= 4 is 5.69 Å². The summed E-state index contributed by atoms with van der Waals surface area (Å²) in [5, 5.41) is 14.2. The van der Waals surface area contributed by atoms with Gasteiger partial charge in [0.25, 0.3) is 0 Å². The fourth-order valence-electron chi connectivity index (χ4n) is 2.25. The number of anilines is 1. The number of rotatable bonds is 4. The van der Waals surface area contributed by atoms with Crippen molar-refractivity contribution in [3.05, 3.63) is 12.4 Å². The summed E-state index contributed by atoms with van der Waals surface area (Å²) in [4.78, 5) is 2.26. The molecule has 0 amide bonds. The number of hydrogen-bond donors (Lipinski definition) is 2. The summed E-state index contributed by atoms with van der Waals surface area (Å²) in [6, 6.07) is 0.346. The summed E-state index contributed by atoms with van der Waals surface area (Å²) in [5.74, 6) is 0. The van der Waals surface area contributed by atoms with Gasteiger partial charge in [-0.25, -0.2) is 0 Å². The first kappa shape index (κ1) is 13.3. The molecule has 1 aromatic heterocycles. The van der Waals surface area contributed by atoms with Crippen molar-refractivity contribution < 1.29 is 9.84 Å². The highest BCUT2D eigenvalue weighted by molar-refractivity contribution is 5.30. The minimum Gasteiger partial charge on any atom is -0.396 e. The van der Waals surface area contributed by atoms with E-state index in [0.29, 0.717) is 24.8 Å². The van der Waals surface area contributed by atoms with Crippen LogP contribution >= 0.6 is 0 Å². The third-order valence-corrected chi connectivity index (χ3v) is 3.23. The van der Waals surface area contributed by atoms with Gasteiger partial charge in [0, 0.05) is 25.3 Å². The Hall–Kier alpha value is -1.11. The van der Waals surface area contributed by atoms with E-state index >= 15 is 0 Å². The zero-order valence-electron chi connectivity index (χ0n) is 11.0. The summed E-state index contributed by atoms with van der Waals surface area (Å²) in [5.41, 5.74) is 6.21. The van der Waals surface area contributed by atoms with Crippen LogP contribution in [0.3, 0.4) is 0 Å². The van der Waals surface area contributed by atoms with Crippen molar-refractivity contribution in [1.82, 2.24) is 14.7 Å². The molecular formula is C12H22N4O2. The lowest BCUT2D eigenvalue weighted by Gasteiger charge is -2.37. The monoisotopic (exact) mass is 254 g/mol. The molecule has 1 aliphatic heterocycles. The van der Waals surface area contributed by atoms with Gasteiger partial charge in [-0.1, -0.05) is 0 Å².